The van der Waals surface area contributed by atoms with Crippen molar-refractivity contribution in [2.24, 2.45) is 5.10 Å². The summed E-state index contributed by atoms with van der Waals surface area (Å²) in [4.78, 5) is 20.0. The van der Waals surface area contributed by atoms with Crippen LogP contribution in [0.5, 0.6) is 5.75 Å². The molecule has 0 aromatic heterocycles. The van der Waals surface area contributed by atoms with Crippen molar-refractivity contribution in [1.29, 1.82) is 0 Å². The highest BCUT2D eigenvalue weighted by Crippen LogP contribution is 2.26. The van der Waals surface area contributed by atoms with Crippen molar-refractivity contribution in [1.82, 2.24) is 0 Å². The summed E-state index contributed by atoms with van der Waals surface area (Å²) >= 11 is 0. The Labute approximate surface area is 138 Å². The zero-order valence-corrected chi connectivity index (χ0v) is 12.3. The molecule has 0 aliphatic rings. The second-order valence-corrected chi connectivity index (χ2v) is 4.54. The first-order valence-electron chi connectivity index (χ1n) is 6.63. The Morgan fingerprint density at radius 2 is 1.68 bits per heavy atom. The fraction of sp³-hybridized carbons (Fsp3) is 0.0714. The van der Waals surface area contributed by atoms with Crippen molar-refractivity contribution < 1.29 is 23.4 Å². The summed E-state index contributed by atoms with van der Waals surface area (Å²) in [7, 11) is 0. The van der Waals surface area contributed by atoms with Gasteiger partial charge in [0.1, 0.15) is 5.75 Å². The van der Waals surface area contributed by atoms with E-state index in [9.17, 15) is 29.0 Å². The average molecular weight is 352 g/mol. The van der Waals surface area contributed by atoms with Crippen molar-refractivity contribution in [3.8, 4) is 5.75 Å². The number of nitrogens with zero attached hydrogens (tertiary/aromatic N) is 3. The van der Waals surface area contributed by atoms with E-state index in [1.54, 1.807) is 6.07 Å². The van der Waals surface area contributed by atoms with Crippen molar-refractivity contribution in [3.63, 3.8) is 0 Å². The summed E-state index contributed by atoms with van der Waals surface area (Å²) in [6.07, 6.45) is 1.14. The molecule has 1 N–H and O–H groups in total. The molecule has 25 heavy (non-hydrogen) atoms. The van der Waals surface area contributed by atoms with Crippen LogP contribution in [-0.4, -0.2) is 22.7 Å². The first kappa shape index (κ1) is 17.7. The number of hydrogen-bond donors (Lipinski definition) is 1. The van der Waals surface area contributed by atoms with Gasteiger partial charge in [-0.2, -0.15) is 13.9 Å². The van der Waals surface area contributed by atoms with Crippen molar-refractivity contribution in [2.75, 3.05) is 5.43 Å². The topological polar surface area (TPSA) is 120 Å². The first-order chi connectivity index (χ1) is 11.9. The molecule has 0 unspecified atom stereocenters. The van der Waals surface area contributed by atoms with Crippen LogP contribution in [0.1, 0.15) is 5.56 Å². The standard InChI is InChI=1S/C14H10F2N4O5/c15-14(16)25-13-4-2-1-3-9(13)8-17-18-10-5-11(19(21)22)7-12(6-10)20(23)24/h1-8,14,18H/b17-8+. The number of benzene rings is 2. The molecule has 0 amide bonds. The van der Waals surface area contributed by atoms with Gasteiger partial charge < -0.3 is 4.74 Å². The molecule has 0 aliphatic carbocycles. The molecule has 0 heterocycles. The monoisotopic (exact) mass is 352 g/mol. The number of para-hydroxylation sites is 1. The fourth-order valence-electron chi connectivity index (χ4n) is 1.84. The Morgan fingerprint density at radius 3 is 2.24 bits per heavy atom. The number of non-ortho nitro benzene ring substituents is 2. The van der Waals surface area contributed by atoms with Crippen molar-refractivity contribution in [3.05, 3.63) is 68.3 Å². The van der Waals surface area contributed by atoms with Crippen molar-refractivity contribution >= 4 is 23.3 Å². The number of anilines is 1. The second kappa shape index (κ2) is 7.77. The molecule has 9 nitrogen and oxygen atoms in total. The van der Waals surface area contributed by atoms with Crippen LogP contribution in [0.3, 0.4) is 0 Å². The molecule has 0 aliphatic heterocycles. The molecule has 0 bridgehead atoms. The SMILES string of the molecule is O=[N+]([O-])c1cc(N/N=C/c2ccccc2OC(F)F)cc([N+](=O)[O-])c1. The highest BCUT2D eigenvalue weighted by atomic mass is 19.3. The van der Waals surface area contributed by atoms with E-state index in [-0.39, 0.29) is 17.0 Å². The van der Waals surface area contributed by atoms with Gasteiger partial charge in [0.2, 0.25) is 0 Å². The molecular weight excluding hydrogens is 342 g/mol. The van der Waals surface area contributed by atoms with Gasteiger partial charge in [-0.05, 0) is 12.1 Å². The Kier molecular flexibility index (Phi) is 5.50. The van der Waals surface area contributed by atoms with Gasteiger partial charge in [0.15, 0.2) is 0 Å². The van der Waals surface area contributed by atoms with Crippen molar-refractivity contribution in [2.45, 2.75) is 6.61 Å². The van der Waals surface area contributed by atoms with Crippen LogP contribution in [0.15, 0.2) is 47.6 Å². The van der Waals surface area contributed by atoms with Gasteiger partial charge >= 0.3 is 6.61 Å². The van der Waals surface area contributed by atoms with Gasteiger partial charge in [0, 0.05) is 17.7 Å². The number of hydrogen-bond acceptors (Lipinski definition) is 7. The summed E-state index contributed by atoms with van der Waals surface area (Å²) in [6, 6.07) is 8.73. The molecule has 0 fully saturated rings. The van der Waals surface area contributed by atoms with Gasteiger partial charge in [0.25, 0.3) is 11.4 Å². The number of nitrogens with one attached hydrogen (secondary N) is 1. The average Bonchev–Trinajstić information content (AvgIpc) is 2.55. The van der Waals surface area contributed by atoms with Gasteiger partial charge in [-0.3, -0.25) is 25.7 Å². The van der Waals surface area contributed by atoms with E-state index in [0.717, 1.165) is 24.4 Å². The number of ether oxygens (including phenoxy) is 1. The maximum atomic E-state index is 12.3. The zero-order chi connectivity index (χ0) is 18.4. The Bertz CT molecular complexity index is 796. The molecule has 0 radical (unpaired) electrons. The van der Waals surface area contributed by atoms with Crippen LogP contribution in [0, 0.1) is 20.2 Å². The molecule has 0 saturated heterocycles. The Hall–Kier alpha value is -3.63. The Morgan fingerprint density at radius 1 is 1.08 bits per heavy atom. The molecule has 11 heteroatoms. The predicted molar refractivity (Wildman–Crippen MR) is 84.0 cm³/mol. The molecular formula is C14H10F2N4O5. The third kappa shape index (κ3) is 4.92. The van der Waals surface area contributed by atoms with Crippen LogP contribution in [0.4, 0.5) is 25.8 Å². The maximum absolute atomic E-state index is 12.3. The van der Waals surface area contributed by atoms with Gasteiger partial charge in [-0.15, -0.1) is 0 Å². The number of nitro benzene ring substituents is 2. The third-order valence-electron chi connectivity index (χ3n) is 2.86. The minimum absolute atomic E-state index is 0.00981. The van der Waals surface area contributed by atoms with E-state index in [4.69, 9.17) is 0 Å². The predicted octanol–water partition coefficient (Wildman–Crippen LogP) is 3.55. The summed E-state index contributed by atoms with van der Waals surface area (Å²) in [6.45, 7) is -3.01. The molecule has 130 valence electrons. The smallest absolute Gasteiger partial charge is 0.387 e. The summed E-state index contributed by atoms with van der Waals surface area (Å²) < 4.78 is 29.0. The number of hydrazone groups is 1. The third-order valence-corrected chi connectivity index (χ3v) is 2.86. The lowest BCUT2D eigenvalue weighted by atomic mass is 10.2. The summed E-state index contributed by atoms with van der Waals surface area (Å²) in [5.74, 6) is -0.118. The minimum atomic E-state index is -3.01. The summed E-state index contributed by atoms with van der Waals surface area (Å²) in [5.41, 5.74) is 1.61. The normalized spacial score (nSPS) is 10.8. The molecule has 0 saturated carbocycles. The first-order valence-corrected chi connectivity index (χ1v) is 6.63. The number of rotatable bonds is 7. The van der Waals surface area contributed by atoms with Crippen LogP contribution < -0.4 is 10.2 Å². The lowest BCUT2D eigenvalue weighted by Crippen LogP contribution is -2.04. The van der Waals surface area contributed by atoms with E-state index < -0.39 is 27.8 Å². The van der Waals surface area contributed by atoms with E-state index in [1.165, 1.54) is 18.2 Å². The van der Waals surface area contributed by atoms with Crippen LogP contribution in [0.2, 0.25) is 0 Å². The summed E-state index contributed by atoms with van der Waals surface area (Å²) in [5, 5.41) is 25.3. The minimum Gasteiger partial charge on any atom is -0.434 e. The van der Waals surface area contributed by atoms with Gasteiger partial charge in [-0.25, -0.2) is 0 Å². The molecule has 2 rings (SSSR count). The van der Waals surface area contributed by atoms with Crippen LogP contribution >= 0.6 is 0 Å². The molecule has 2 aromatic rings. The van der Waals surface area contributed by atoms with E-state index in [2.05, 4.69) is 15.3 Å². The van der Waals surface area contributed by atoms with E-state index in [0.29, 0.717) is 0 Å². The quantitative estimate of drug-likeness (QED) is 0.462. The number of alkyl halides is 2. The molecule has 2 aromatic carbocycles. The lowest BCUT2D eigenvalue weighted by molar-refractivity contribution is -0.394. The van der Waals surface area contributed by atoms with E-state index in [1.807, 2.05) is 0 Å². The lowest BCUT2D eigenvalue weighted by Gasteiger charge is -2.07. The fourth-order valence-corrected chi connectivity index (χ4v) is 1.84. The number of nitro groups is 2. The van der Waals surface area contributed by atoms with Gasteiger partial charge in [0.05, 0.1) is 27.8 Å². The van der Waals surface area contributed by atoms with Crippen LogP contribution in [0.25, 0.3) is 0 Å². The zero-order valence-electron chi connectivity index (χ0n) is 12.3. The second-order valence-electron chi connectivity index (χ2n) is 4.54. The highest BCUT2D eigenvalue weighted by Gasteiger charge is 2.16. The Balaban J connectivity index is 2.22. The molecule has 0 spiro atoms. The highest BCUT2D eigenvalue weighted by molar-refractivity contribution is 5.84. The molecule has 0 atom stereocenters. The maximum Gasteiger partial charge on any atom is 0.387 e. The number of halogens is 2. The largest absolute Gasteiger partial charge is 0.434 e. The van der Waals surface area contributed by atoms with Gasteiger partial charge in [-0.1, -0.05) is 12.1 Å². The van der Waals surface area contributed by atoms with Crippen LogP contribution in [-0.2, 0) is 0 Å². The van der Waals surface area contributed by atoms with E-state index >= 15 is 0 Å².